The van der Waals surface area contributed by atoms with Gasteiger partial charge in [-0.15, -0.1) is 0 Å². The molecule has 0 bridgehead atoms. The predicted octanol–water partition coefficient (Wildman–Crippen LogP) is 0.946. The van der Waals surface area contributed by atoms with Gasteiger partial charge in [0.05, 0.1) is 17.4 Å². The number of hydrogen-bond donors (Lipinski definition) is 1. The van der Waals surface area contributed by atoms with Crippen LogP contribution < -0.4 is 0 Å². The smallest absolute Gasteiger partial charge is 0.321 e. The van der Waals surface area contributed by atoms with Crippen molar-refractivity contribution in [2.45, 2.75) is 17.9 Å². The van der Waals surface area contributed by atoms with E-state index < -0.39 is 21.1 Å². The summed E-state index contributed by atoms with van der Waals surface area (Å²) < 4.78 is 23.3. The van der Waals surface area contributed by atoms with E-state index >= 15 is 0 Å². The van der Waals surface area contributed by atoms with Crippen molar-refractivity contribution < 1.29 is 18.3 Å². The number of sulfone groups is 1. The highest BCUT2D eigenvalue weighted by molar-refractivity contribution is 7.91. The van der Waals surface area contributed by atoms with Gasteiger partial charge in [-0.3, -0.25) is 4.79 Å². The van der Waals surface area contributed by atoms with Gasteiger partial charge in [-0.1, -0.05) is 12.1 Å². The molecule has 0 saturated carbocycles. The topological polar surface area (TPSA) is 95.2 Å². The fraction of sp³-hybridized carbons (Fsp3) is 0.273. The number of hydrogen-bond acceptors (Lipinski definition) is 4. The number of carbonyl (C=O) groups is 1. The number of nitrogens with zero attached hydrogens (tertiary/aromatic N) is 1. The molecular formula is C11H11NO4S. The molecule has 0 heterocycles. The summed E-state index contributed by atoms with van der Waals surface area (Å²) in [6, 6.07) is 7.92. The Morgan fingerprint density at radius 3 is 2.35 bits per heavy atom. The lowest BCUT2D eigenvalue weighted by Gasteiger charge is -2.08. The predicted molar refractivity (Wildman–Crippen MR) is 60.9 cm³/mol. The normalized spacial score (nSPS) is 12.7. The Hall–Kier alpha value is -1.87. The van der Waals surface area contributed by atoms with Gasteiger partial charge in [0, 0.05) is 0 Å². The zero-order valence-corrected chi connectivity index (χ0v) is 9.94. The average molecular weight is 253 g/mol. The van der Waals surface area contributed by atoms with Crippen molar-refractivity contribution in [1.29, 1.82) is 5.26 Å². The van der Waals surface area contributed by atoms with Gasteiger partial charge in [0.25, 0.3) is 0 Å². The van der Waals surface area contributed by atoms with Crippen LogP contribution in [0, 0.1) is 11.3 Å². The Kier molecular flexibility index (Phi) is 3.86. The zero-order valence-electron chi connectivity index (χ0n) is 9.12. The summed E-state index contributed by atoms with van der Waals surface area (Å²) in [7, 11) is -3.71. The fourth-order valence-electron chi connectivity index (χ4n) is 1.19. The minimum atomic E-state index is -3.71. The number of nitriles is 1. The van der Waals surface area contributed by atoms with Crippen LogP contribution in [0.2, 0.25) is 0 Å². The summed E-state index contributed by atoms with van der Waals surface area (Å²) in [6.07, 6.45) is 0. The van der Waals surface area contributed by atoms with Gasteiger partial charge in [-0.25, -0.2) is 8.42 Å². The highest BCUT2D eigenvalue weighted by Gasteiger charge is 2.27. The number of carboxylic acid groups (broad SMARTS) is 1. The fourth-order valence-corrected chi connectivity index (χ4v) is 2.40. The van der Waals surface area contributed by atoms with Gasteiger partial charge in [0.1, 0.15) is 0 Å². The van der Waals surface area contributed by atoms with E-state index in [2.05, 4.69) is 0 Å². The summed E-state index contributed by atoms with van der Waals surface area (Å²) in [4.78, 5) is 10.6. The van der Waals surface area contributed by atoms with Crippen LogP contribution in [0.1, 0.15) is 18.1 Å². The van der Waals surface area contributed by atoms with E-state index in [4.69, 9.17) is 10.4 Å². The molecule has 17 heavy (non-hydrogen) atoms. The second-order valence-electron chi connectivity index (χ2n) is 3.60. The average Bonchev–Trinajstić information content (AvgIpc) is 2.28. The summed E-state index contributed by atoms with van der Waals surface area (Å²) in [5, 5.41) is 15.8. The third-order valence-corrected chi connectivity index (χ3v) is 4.35. The molecule has 90 valence electrons. The molecule has 0 amide bonds. The quantitative estimate of drug-likeness (QED) is 0.861. The van der Waals surface area contributed by atoms with Crippen molar-refractivity contribution in [2.24, 2.45) is 0 Å². The van der Waals surface area contributed by atoms with E-state index in [1.165, 1.54) is 24.3 Å². The first-order chi connectivity index (χ1) is 7.86. The highest BCUT2D eigenvalue weighted by Crippen LogP contribution is 2.12. The van der Waals surface area contributed by atoms with Crippen molar-refractivity contribution in [1.82, 2.24) is 0 Å². The maximum Gasteiger partial charge on any atom is 0.321 e. The number of carboxylic acids is 1. The third-order valence-electron chi connectivity index (χ3n) is 2.34. The zero-order chi connectivity index (χ0) is 13.1. The molecule has 0 saturated heterocycles. The molecule has 0 aliphatic carbocycles. The van der Waals surface area contributed by atoms with Crippen LogP contribution in [0.4, 0.5) is 0 Å². The molecule has 0 fully saturated rings. The molecule has 0 radical (unpaired) electrons. The molecule has 0 aliphatic rings. The lowest BCUT2D eigenvalue weighted by Crippen LogP contribution is -2.28. The molecule has 1 atom stereocenters. The standard InChI is InChI=1S/C11H11NO4S/c1-8(11(13)14)17(15,16)7-10-4-2-9(6-12)3-5-10/h2-5,8H,7H2,1H3,(H,13,14). The Labute approximate surface area is 99.2 Å². The molecule has 6 heteroatoms. The molecule has 0 spiro atoms. The van der Waals surface area contributed by atoms with Gasteiger partial charge in [-0.2, -0.15) is 5.26 Å². The van der Waals surface area contributed by atoms with Crippen LogP contribution >= 0.6 is 0 Å². The maximum atomic E-state index is 11.7. The first kappa shape index (κ1) is 13.2. The molecule has 1 aromatic carbocycles. The van der Waals surface area contributed by atoms with Gasteiger partial charge >= 0.3 is 5.97 Å². The van der Waals surface area contributed by atoms with Gasteiger partial charge < -0.3 is 5.11 Å². The minimum absolute atomic E-state index is 0.341. The van der Waals surface area contributed by atoms with E-state index in [1.807, 2.05) is 6.07 Å². The SMILES string of the molecule is CC(C(=O)O)S(=O)(=O)Cc1ccc(C#N)cc1. The van der Waals surface area contributed by atoms with Crippen molar-refractivity contribution in [2.75, 3.05) is 0 Å². The second kappa shape index (κ2) is 4.97. The van der Waals surface area contributed by atoms with Crippen LogP contribution in [0.15, 0.2) is 24.3 Å². The molecule has 5 nitrogen and oxygen atoms in total. The number of benzene rings is 1. The van der Waals surface area contributed by atoms with E-state index in [9.17, 15) is 13.2 Å². The highest BCUT2D eigenvalue weighted by atomic mass is 32.2. The second-order valence-corrected chi connectivity index (χ2v) is 5.92. The lowest BCUT2D eigenvalue weighted by atomic mass is 10.2. The van der Waals surface area contributed by atoms with Crippen LogP contribution in [0.3, 0.4) is 0 Å². The molecule has 0 aromatic heterocycles. The molecule has 1 unspecified atom stereocenters. The van der Waals surface area contributed by atoms with E-state index in [0.29, 0.717) is 11.1 Å². The minimum Gasteiger partial charge on any atom is -0.480 e. The van der Waals surface area contributed by atoms with Crippen molar-refractivity contribution in [3.63, 3.8) is 0 Å². The Bertz CT molecular complexity index is 554. The Balaban J connectivity index is 2.91. The van der Waals surface area contributed by atoms with E-state index in [0.717, 1.165) is 6.92 Å². The van der Waals surface area contributed by atoms with Crippen LogP contribution in [0.25, 0.3) is 0 Å². The number of rotatable bonds is 4. The molecule has 1 aromatic rings. The summed E-state index contributed by atoms with van der Waals surface area (Å²) in [6.45, 7) is 1.14. The lowest BCUT2D eigenvalue weighted by molar-refractivity contribution is -0.136. The van der Waals surface area contributed by atoms with Crippen molar-refractivity contribution in [3.8, 4) is 6.07 Å². The maximum absolute atomic E-state index is 11.7. The van der Waals surface area contributed by atoms with E-state index in [1.54, 1.807) is 0 Å². The van der Waals surface area contributed by atoms with Crippen LogP contribution in [-0.4, -0.2) is 24.7 Å². The van der Waals surface area contributed by atoms with Crippen LogP contribution in [-0.2, 0) is 20.4 Å². The molecular weight excluding hydrogens is 242 g/mol. The van der Waals surface area contributed by atoms with Gasteiger partial charge in [0.15, 0.2) is 15.1 Å². The molecule has 1 rings (SSSR count). The van der Waals surface area contributed by atoms with Gasteiger partial charge in [0.2, 0.25) is 0 Å². The Morgan fingerprint density at radius 2 is 1.94 bits per heavy atom. The first-order valence-corrected chi connectivity index (χ1v) is 6.52. The molecule has 1 N–H and O–H groups in total. The largest absolute Gasteiger partial charge is 0.480 e. The summed E-state index contributed by atoms with van der Waals surface area (Å²) in [5.41, 5.74) is 0.898. The monoisotopic (exact) mass is 253 g/mol. The van der Waals surface area contributed by atoms with Crippen molar-refractivity contribution in [3.05, 3.63) is 35.4 Å². The Morgan fingerprint density at radius 1 is 1.41 bits per heavy atom. The van der Waals surface area contributed by atoms with Crippen molar-refractivity contribution >= 4 is 15.8 Å². The summed E-state index contributed by atoms with van der Waals surface area (Å²) >= 11 is 0. The summed E-state index contributed by atoms with van der Waals surface area (Å²) in [5.74, 6) is -1.70. The molecule has 0 aliphatic heterocycles. The number of aliphatic carboxylic acids is 1. The third kappa shape index (κ3) is 3.29. The van der Waals surface area contributed by atoms with E-state index in [-0.39, 0.29) is 5.75 Å². The van der Waals surface area contributed by atoms with Crippen LogP contribution in [0.5, 0.6) is 0 Å². The first-order valence-electron chi connectivity index (χ1n) is 4.80. The van der Waals surface area contributed by atoms with Gasteiger partial charge in [-0.05, 0) is 24.6 Å².